The number of rotatable bonds is 4. The van der Waals surface area contributed by atoms with Gasteiger partial charge in [0.25, 0.3) is 6.47 Å². The van der Waals surface area contributed by atoms with Gasteiger partial charge in [0.1, 0.15) is 6.61 Å². The first-order valence-electron chi connectivity index (χ1n) is 4.02. The maximum atomic E-state index is 9.96. The molecule has 0 aliphatic carbocycles. The van der Waals surface area contributed by atoms with E-state index in [1.165, 1.54) is 10.4 Å². The van der Waals surface area contributed by atoms with E-state index in [2.05, 4.69) is 11.7 Å². The molecule has 0 saturated heterocycles. The lowest BCUT2D eigenvalue weighted by Gasteiger charge is -2.09. The molecule has 0 radical (unpaired) electrons. The summed E-state index contributed by atoms with van der Waals surface area (Å²) in [5.41, 5.74) is 8.09. The van der Waals surface area contributed by atoms with Crippen molar-refractivity contribution < 1.29 is 9.53 Å². The fourth-order valence-electron chi connectivity index (χ4n) is 1.13. The highest BCUT2D eigenvalue weighted by Gasteiger charge is 2.12. The Morgan fingerprint density at radius 2 is 2.38 bits per heavy atom. The molecule has 13 heavy (non-hydrogen) atoms. The average molecular weight is 199 g/mol. The number of nitrogens with two attached hydrogens (primary N) is 1. The summed E-state index contributed by atoms with van der Waals surface area (Å²) in [6, 6.07) is -0.199. The molecule has 1 aromatic rings. The highest BCUT2D eigenvalue weighted by atomic mass is 32.1. The molecule has 0 fully saturated rings. The van der Waals surface area contributed by atoms with Gasteiger partial charge in [0.2, 0.25) is 0 Å². The van der Waals surface area contributed by atoms with Crippen LogP contribution in [0.25, 0.3) is 0 Å². The van der Waals surface area contributed by atoms with Crippen molar-refractivity contribution in [2.45, 2.75) is 19.9 Å². The van der Waals surface area contributed by atoms with Crippen LogP contribution in [0.2, 0.25) is 0 Å². The molecule has 0 aliphatic rings. The minimum Gasteiger partial charge on any atom is -0.466 e. The van der Waals surface area contributed by atoms with Crippen molar-refractivity contribution in [1.29, 1.82) is 0 Å². The third kappa shape index (κ3) is 2.29. The normalized spacial score (nSPS) is 12.5. The van der Waals surface area contributed by atoms with Crippen LogP contribution < -0.4 is 5.73 Å². The fourth-order valence-corrected chi connectivity index (χ4v) is 2.08. The van der Waals surface area contributed by atoms with E-state index in [-0.39, 0.29) is 12.6 Å². The quantitative estimate of drug-likeness (QED) is 0.748. The zero-order valence-corrected chi connectivity index (χ0v) is 8.56. The van der Waals surface area contributed by atoms with Gasteiger partial charge in [-0.3, -0.25) is 4.79 Å². The number of hydrogen-bond acceptors (Lipinski definition) is 4. The molecule has 0 bridgehead atoms. The van der Waals surface area contributed by atoms with Gasteiger partial charge in [-0.15, -0.1) is 11.3 Å². The Kier molecular flexibility index (Phi) is 3.45. The van der Waals surface area contributed by atoms with Crippen molar-refractivity contribution >= 4 is 17.8 Å². The number of hydrogen-bond donors (Lipinski definition) is 1. The van der Waals surface area contributed by atoms with Gasteiger partial charge < -0.3 is 10.5 Å². The SMILES string of the molecule is Cc1scc(C(N)COC=O)c1C. The van der Waals surface area contributed by atoms with Gasteiger partial charge in [-0.25, -0.2) is 0 Å². The Morgan fingerprint density at radius 1 is 1.69 bits per heavy atom. The predicted octanol–water partition coefficient (Wildman–Crippen LogP) is 1.54. The van der Waals surface area contributed by atoms with E-state index in [1.807, 2.05) is 12.3 Å². The molecule has 0 aliphatic heterocycles. The van der Waals surface area contributed by atoms with Gasteiger partial charge in [0.15, 0.2) is 0 Å². The monoisotopic (exact) mass is 199 g/mol. The van der Waals surface area contributed by atoms with Gasteiger partial charge in [0.05, 0.1) is 6.04 Å². The van der Waals surface area contributed by atoms with Gasteiger partial charge in [-0.05, 0) is 30.4 Å². The van der Waals surface area contributed by atoms with Gasteiger partial charge >= 0.3 is 0 Å². The first-order chi connectivity index (χ1) is 6.16. The smallest absolute Gasteiger partial charge is 0.293 e. The third-order valence-corrected chi connectivity index (χ3v) is 3.10. The Labute approximate surface area is 81.5 Å². The van der Waals surface area contributed by atoms with Crippen LogP contribution in [0.1, 0.15) is 22.0 Å². The molecule has 0 aromatic carbocycles. The number of carbonyl (C=O) groups is 1. The molecular weight excluding hydrogens is 186 g/mol. The lowest BCUT2D eigenvalue weighted by atomic mass is 10.1. The molecule has 4 heteroatoms. The van der Waals surface area contributed by atoms with Crippen LogP contribution in [0.4, 0.5) is 0 Å². The summed E-state index contributed by atoms with van der Waals surface area (Å²) in [6.07, 6.45) is 0. The molecule has 0 amide bonds. The van der Waals surface area contributed by atoms with Crippen molar-refractivity contribution in [1.82, 2.24) is 0 Å². The summed E-state index contributed by atoms with van der Waals surface area (Å²) < 4.78 is 4.61. The largest absolute Gasteiger partial charge is 0.466 e. The van der Waals surface area contributed by atoms with Crippen LogP contribution in [-0.2, 0) is 9.53 Å². The van der Waals surface area contributed by atoms with E-state index >= 15 is 0 Å². The summed E-state index contributed by atoms with van der Waals surface area (Å²) in [4.78, 5) is 11.2. The number of carbonyl (C=O) groups excluding carboxylic acids is 1. The van der Waals surface area contributed by atoms with Crippen LogP contribution in [0, 0.1) is 13.8 Å². The minimum absolute atomic E-state index is 0.199. The van der Waals surface area contributed by atoms with E-state index in [4.69, 9.17) is 5.73 Å². The number of thiophene rings is 1. The minimum atomic E-state index is -0.199. The van der Waals surface area contributed by atoms with Gasteiger partial charge in [-0.1, -0.05) is 0 Å². The lowest BCUT2D eigenvalue weighted by molar-refractivity contribution is -0.129. The molecule has 1 heterocycles. The molecule has 1 aromatic heterocycles. The summed E-state index contributed by atoms with van der Waals surface area (Å²) in [5, 5.41) is 2.02. The van der Waals surface area contributed by atoms with Crippen molar-refractivity contribution in [3.63, 3.8) is 0 Å². The van der Waals surface area contributed by atoms with Crippen molar-refractivity contribution in [3.05, 3.63) is 21.4 Å². The van der Waals surface area contributed by atoms with E-state index < -0.39 is 0 Å². The molecule has 1 atom stereocenters. The Bertz CT molecular complexity index is 296. The van der Waals surface area contributed by atoms with Crippen LogP contribution in [0.15, 0.2) is 5.38 Å². The Balaban J connectivity index is 2.70. The zero-order chi connectivity index (χ0) is 9.84. The maximum absolute atomic E-state index is 9.96. The highest BCUT2D eigenvalue weighted by Crippen LogP contribution is 2.24. The van der Waals surface area contributed by atoms with Gasteiger partial charge in [0, 0.05) is 4.88 Å². The molecule has 0 spiro atoms. The number of aryl methyl sites for hydroxylation is 1. The molecule has 0 saturated carbocycles. The molecule has 3 nitrogen and oxygen atoms in total. The second kappa shape index (κ2) is 4.39. The molecule has 1 unspecified atom stereocenters. The molecule has 2 N–H and O–H groups in total. The maximum Gasteiger partial charge on any atom is 0.293 e. The summed E-state index contributed by atoms with van der Waals surface area (Å²) in [6.45, 7) is 4.76. The van der Waals surface area contributed by atoms with Gasteiger partial charge in [-0.2, -0.15) is 0 Å². The van der Waals surface area contributed by atoms with Crippen LogP contribution in [0.5, 0.6) is 0 Å². The van der Waals surface area contributed by atoms with E-state index in [1.54, 1.807) is 11.3 Å². The van der Waals surface area contributed by atoms with E-state index in [0.717, 1.165) is 5.56 Å². The van der Waals surface area contributed by atoms with Crippen molar-refractivity contribution in [2.24, 2.45) is 5.73 Å². The third-order valence-electron chi connectivity index (χ3n) is 2.07. The Hall–Kier alpha value is -0.870. The average Bonchev–Trinajstić information content (AvgIpc) is 2.44. The van der Waals surface area contributed by atoms with Crippen LogP contribution >= 0.6 is 11.3 Å². The first kappa shape index (κ1) is 10.2. The Morgan fingerprint density at radius 3 is 2.85 bits per heavy atom. The standard InChI is InChI=1S/C9H13NO2S/c1-6-7(2)13-4-8(6)9(10)3-12-5-11/h4-5,9H,3,10H2,1-2H3. The van der Waals surface area contributed by atoms with E-state index in [9.17, 15) is 4.79 Å². The summed E-state index contributed by atoms with van der Waals surface area (Å²) in [5.74, 6) is 0. The number of ether oxygens (including phenoxy) is 1. The fraction of sp³-hybridized carbons (Fsp3) is 0.444. The lowest BCUT2D eigenvalue weighted by Crippen LogP contribution is -2.16. The van der Waals surface area contributed by atoms with E-state index in [0.29, 0.717) is 6.47 Å². The van der Waals surface area contributed by atoms with Crippen molar-refractivity contribution in [2.75, 3.05) is 6.61 Å². The zero-order valence-electron chi connectivity index (χ0n) is 7.74. The molecule has 72 valence electrons. The second-order valence-corrected chi connectivity index (χ2v) is 3.99. The molecular formula is C9H13NO2S. The summed E-state index contributed by atoms with van der Waals surface area (Å²) >= 11 is 1.67. The van der Waals surface area contributed by atoms with Crippen LogP contribution in [-0.4, -0.2) is 13.1 Å². The second-order valence-electron chi connectivity index (χ2n) is 2.91. The summed E-state index contributed by atoms with van der Waals surface area (Å²) in [7, 11) is 0. The highest BCUT2D eigenvalue weighted by molar-refractivity contribution is 7.10. The first-order valence-corrected chi connectivity index (χ1v) is 4.90. The predicted molar refractivity (Wildman–Crippen MR) is 52.7 cm³/mol. The van der Waals surface area contributed by atoms with Crippen LogP contribution in [0.3, 0.4) is 0 Å². The molecule has 1 rings (SSSR count). The topological polar surface area (TPSA) is 52.3 Å². The van der Waals surface area contributed by atoms with Crippen molar-refractivity contribution in [3.8, 4) is 0 Å².